The van der Waals surface area contributed by atoms with Gasteiger partial charge in [-0.3, -0.25) is 0 Å². The van der Waals surface area contributed by atoms with Crippen LogP contribution in [0.4, 0.5) is 0 Å². The fraction of sp³-hybridized carbons (Fsp3) is 0.308. The third-order valence-electron chi connectivity index (χ3n) is 2.17. The van der Waals surface area contributed by atoms with Crippen LogP contribution in [0.3, 0.4) is 0 Å². The van der Waals surface area contributed by atoms with Crippen molar-refractivity contribution in [1.29, 1.82) is 0 Å². The molecule has 0 radical (unpaired) electrons. The smallest absolute Gasteiger partial charge is 0.336 e. The molecule has 1 rings (SSSR count). The maximum Gasteiger partial charge on any atom is 0.336 e. The van der Waals surface area contributed by atoms with E-state index >= 15 is 0 Å². The van der Waals surface area contributed by atoms with Gasteiger partial charge >= 0.3 is 5.97 Å². The summed E-state index contributed by atoms with van der Waals surface area (Å²) in [6, 6.07) is 7.01. The zero-order valence-corrected chi connectivity index (χ0v) is 9.29. The molecule has 0 spiro atoms. The molecule has 0 aliphatic carbocycles. The Kier molecular flexibility index (Phi) is 5.10. The van der Waals surface area contributed by atoms with Gasteiger partial charge in [-0.2, -0.15) is 0 Å². The van der Waals surface area contributed by atoms with Crippen molar-refractivity contribution in [2.24, 2.45) is 0 Å². The molecule has 3 nitrogen and oxygen atoms in total. The van der Waals surface area contributed by atoms with Crippen molar-refractivity contribution in [2.75, 3.05) is 6.54 Å². The van der Waals surface area contributed by atoms with Gasteiger partial charge in [-0.1, -0.05) is 18.2 Å². The molecule has 1 aromatic rings. The first-order chi connectivity index (χ1) is 7.75. The first-order valence-electron chi connectivity index (χ1n) is 5.17. The molecule has 0 saturated carbocycles. The van der Waals surface area contributed by atoms with Gasteiger partial charge in [0.2, 0.25) is 0 Å². The maximum absolute atomic E-state index is 10.9. The average molecular weight is 217 g/mol. The minimum atomic E-state index is -0.884. The van der Waals surface area contributed by atoms with Gasteiger partial charge in [-0.25, -0.2) is 4.79 Å². The van der Waals surface area contributed by atoms with Crippen molar-refractivity contribution in [3.8, 4) is 11.8 Å². The molecule has 0 aliphatic rings. The number of aromatic carboxylic acids is 1. The highest BCUT2D eigenvalue weighted by Crippen LogP contribution is 2.08. The minimum absolute atomic E-state index is 0.358. The van der Waals surface area contributed by atoms with E-state index in [9.17, 15) is 4.79 Å². The molecule has 3 heteroatoms. The number of rotatable bonds is 5. The zero-order chi connectivity index (χ0) is 11.8. The Bertz CT molecular complexity index is 415. The molecule has 0 fully saturated rings. The molecule has 0 aromatic heterocycles. The predicted octanol–water partition coefficient (Wildman–Crippen LogP) is 1.89. The van der Waals surface area contributed by atoms with E-state index in [4.69, 9.17) is 5.11 Å². The number of benzene rings is 1. The highest BCUT2D eigenvalue weighted by atomic mass is 16.4. The van der Waals surface area contributed by atoms with Crippen LogP contribution in [0.1, 0.15) is 29.3 Å². The Hall–Kier alpha value is -1.79. The molecule has 16 heavy (non-hydrogen) atoms. The third-order valence-corrected chi connectivity index (χ3v) is 2.17. The first kappa shape index (κ1) is 12.3. The van der Waals surface area contributed by atoms with E-state index in [-0.39, 0.29) is 0 Å². The molecular formula is C13H15NO2. The minimum Gasteiger partial charge on any atom is -0.478 e. The number of carboxylic acids is 1. The van der Waals surface area contributed by atoms with Crippen LogP contribution in [0.15, 0.2) is 24.3 Å². The topological polar surface area (TPSA) is 49.3 Å². The van der Waals surface area contributed by atoms with Gasteiger partial charge < -0.3 is 10.4 Å². The molecule has 0 aliphatic heterocycles. The summed E-state index contributed by atoms with van der Waals surface area (Å²) < 4.78 is 0. The van der Waals surface area contributed by atoms with Crippen molar-refractivity contribution in [3.05, 3.63) is 35.4 Å². The van der Waals surface area contributed by atoms with Crippen LogP contribution in [0.5, 0.6) is 0 Å². The Labute approximate surface area is 95.5 Å². The second kappa shape index (κ2) is 6.65. The van der Waals surface area contributed by atoms with Crippen molar-refractivity contribution >= 4 is 5.97 Å². The Morgan fingerprint density at radius 1 is 1.44 bits per heavy atom. The van der Waals surface area contributed by atoms with Crippen molar-refractivity contribution in [2.45, 2.75) is 19.9 Å². The van der Waals surface area contributed by atoms with Crippen LogP contribution in [-0.2, 0) is 6.54 Å². The van der Waals surface area contributed by atoms with Crippen molar-refractivity contribution < 1.29 is 9.90 Å². The molecular weight excluding hydrogens is 202 g/mol. The van der Waals surface area contributed by atoms with Crippen LogP contribution < -0.4 is 5.32 Å². The van der Waals surface area contributed by atoms with Gasteiger partial charge in [-0.15, -0.1) is 11.8 Å². The van der Waals surface area contributed by atoms with Crippen LogP contribution >= 0.6 is 0 Å². The molecule has 0 amide bonds. The molecule has 2 N–H and O–H groups in total. The van der Waals surface area contributed by atoms with Crippen LogP contribution in [0.25, 0.3) is 0 Å². The maximum atomic E-state index is 10.9. The summed E-state index contributed by atoms with van der Waals surface area (Å²) in [6.07, 6.45) is 0.783. The Morgan fingerprint density at radius 2 is 2.19 bits per heavy atom. The molecule has 0 atom stereocenters. The average Bonchev–Trinajstić information content (AvgIpc) is 2.29. The van der Waals surface area contributed by atoms with E-state index in [1.54, 1.807) is 19.1 Å². The van der Waals surface area contributed by atoms with Gasteiger partial charge in [0.1, 0.15) is 0 Å². The SMILES string of the molecule is CC#CCCNCc1ccccc1C(=O)O. The van der Waals surface area contributed by atoms with Crippen LogP contribution in [-0.4, -0.2) is 17.6 Å². The summed E-state index contributed by atoms with van der Waals surface area (Å²) in [4.78, 5) is 10.9. The monoisotopic (exact) mass is 217 g/mol. The van der Waals surface area contributed by atoms with Gasteiger partial charge in [0.15, 0.2) is 0 Å². The molecule has 0 saturated heterocycles. The molecule has 84 valence electrons. The number of hydrogen-bond donors (Lipinski definition) is 2. The number of hydrogen-bond acceptors (Lipinski definition) is 2. The second-order valence-corrected chi connectivity index (χ2v) is 3.32. The van der Waals surface area contributed by atoms with Gasteiger partial charge in [-0.05, 0) is 18.6 Å². The summed E-state index contributed by atoms with van der Waals surface area (Å²) in [5, 5.41) is 12.1. The summed E-state index contributed by atoms with van der Waals surface area (Å²) >= 11 is 0. The van der Waals surface area contributed by atoms with Crippen LogP contribution in [0.2, 0.25) is 0 Å². The standard InChI is InChI=1S/C13H15NO2/c1-2-3-6-9-14-10-11-7-4-5-8-12(11)13(15)16/h4-5,7-8,14H,6,9-10H2,1H3,(H,15,16). The van der Waals surface area contributed by atoms with E-state index in [2.05, 4.69) is 17.2 Å². The quantitative estimate of drug-likeness (QED) is 0.585. The lowest BCUT2D eigenvalue weighted by molar-refractivity contribution is 0.0695. The van der Waals surface area contributed by atoms with Gasteiger partial charge in [0, 0.05) is 19.5 Å². The fourth-order valence-electron chi connectivity index (χ4n) is 1.38. The lowest BCUT2D eigenvalue weighted by Crippen LogP contribution is -2.16. The highest BCUT2D eigenvalue weighted by Gasteiger charge is 2.07. The lowest BCUT2D eigenvalue weighted by Gasteiger charge is -2.06. The highest BCUT2D eigenvalue weighted by molar-refractivity contribution is 5.89. The lowest BCUT2D eigenvalue weighted by atomic mass is 10.1. The number of nitrogens with one attached hydrogen (secondary N) is 1. The van der Waals surface area contributed by atoms with Gasteiger partial charge in [0.05, 0.1) is 5.56 Å². The predicted molar refractivity (Wildman–Crippen MR) is 63.2 cm³/mol. The summed E-state index contributed by atoms with van der Waals surface area (Å²) in [7, 11) is 0. The molecule has 0 heterocycles. The largest absolute Gasteiger partial charge is 0.478 e. The normalized spacial score (nSPS) is 9.31. The van der Waals surface area contributed by atoms with Gasteiger partial charge in [0.25, 0.3) is 0 Å². The second-order valence-electron chi connectivity index (χ2n) is 3.32. The van der Waals surface area contributed by atoms with E-state index in [0.29, 0.717) is 12.1 Å². The molecule has 0 unspecified atom stereocenters. The van der Waals surface area contributed by atoms with E-state index in [1.165, 1.54) is 0 Å². The fourth-order valence-corrected chi connectivity index (χ4v) is 1.38. The number of carboxylic acid groups (broad SMARTS) is 1. The molecule has 1 aromatic carbocycles. The van der Waals surface area contributed by atoms with Crippen molar-refractivity contribution in [1.82, 2.24) is 5.32 Å². The van der Waals surface area contributed by atoms with Crippen molar-refractivity contribution in [3.63, 3.8) is 0 Å². The van der Waals surface area contributed by atoms with Crippen LogP contribution in [0, 0.1) is 11.8 Å². The summed E-state index contributed by atoms with van der Waals surface area (Å²) in [5.74, 6) is 4.87. The third kappa shape index (κ3) is 3.76. The van der Waals surface area contributed by atoms with E-state index < -0.39 is 5.97 Å². The van der Waals surface area contributed by atoms with E-state index in [1.807, 2.05) is 12.1 Å². The Balaban J connectivity index is 2.52. The molecule has 0 bridgehead atoms. The summed E-state index contributed by atoms with van der Waals surface area (Å²) in [5.41, 5.74) is 1.16. The number of carbonyl (C=O) groups is 1. The summed E-state index contributed by atoms with van der Waals surface area (Å²) in [6.45, 7) is 3.14. The Morgan fingerprint density at radius 3 is 2.88 bits per heavy atom. The van der Waals surface area contributed by atoms with E-state index in [0.717, 1.165) is 18.5 Å². The first-order valence-corrected chi connectivity index (χ1v) is 5.17. The zero-order valence-electron chi connectivity index (χ0n) is 9.29.